The van der Waals surface area contributed by atoms with E-state index in [1.54, 1.807) is 7.05 Å². The number of hydrogen-bond acceptors (Lipinski definition) is 7. The molecule has 0 rings (SSSR count). The molecule has 0 heterocycles. The lowest BCUT2D eigenvalue weighted by Gasteiger charge is -2.09. The monoisotopic (exact) mass is 265 g/mol. The lowest BCUT2D eigenvalue weighted by Crippen LogP contribution is -2.38. The van der Waals surface area contributed by atoms with Crippen LogP contribution in [0.5, 0.6) is 0 Å². The van der Waals surface area contributed by atoms with Gasteiger partial charge >= 0.3 is 17.9 Å². The molecule has 0 saturated carbocycles. The van der Waals surface area contributed by atoms with Gasteiger partial charge in [0, 0.05) is 0 Å². The second-order valence-corrected chi connectivity index (χ2v) is 3.29. The van der Waals surface area contributed by atoms with Crippen LogP contribution in [0.15, 0.2) is 0 Å². The van der Waals surface area contributed by atoms with E-state index in [4.69, 9.17) is 21.7 Å². The maximum absolute atomic E-state index is 10.7. The Hall–Kier alpha value is -1.71. The fourth-order valence-corrected chi connectivity index (χ4v) is 0.526. The third kappa shape index (κ3) is 12.4. The Kier molecular flexibility index (Phi) is 10.8. The van der Waals surface area contributed by atoms with Crippen molar-refractivity contribution in [2.24, 2.45) is 11.5 Å². The topological polar surface area (TPSA) is 165 Å². The molecule has 9 heteroatoms. The summed E-state index contributed by atoms with van der Waals surface area (Å²) >= 11 is 0. The molecule has 0 amide bonds. The smallest absolute Gasteiger partial charge is 0.324 e. The highest BCUT2D eigenvalue weighted by molar-refractivity contribution is 5.76. The first kappa shape index (κ1) is 18.6. The molecule has 0 aromatic carbocycles. The van der Waals surface area contributed by atoms with Crippen molar-refractivity contribution >= 4 is 17.9 Å². The maximum Gasteiger partial charge on any atom is 0.324 e. The predicted octanol–water partition coefficient (Wildman–Crippen LogP) is -2.42. The zero-order chi connectivity index (χ0) is 14.7. The van der Waals surface area contributed by atoms with Crippen molar-refractivity contribution in [2.45, 2.75) is 19.0 Å². The summed E-state index contributed by atoms with van der Waals surface area (Å²) in [6, 6.07) is -1.95. The minimum Gasteiger partial charge on any atom is -0.480 e. The van der Waals surface area contributed by atoms with Gasteiger partial charge in [0.2, 0.25) is 0 Å². The molecule has 7 N–H and O–H groups in total. The van der Waals surface area contributed by atoms with Crippen molar-refractivity contribution in [3.05, 3.63) is 0 Å². The molecule has 18 heavy (non-hydrogen) atoms. The van der Waals surface area contributed by atoms with Crippen LogP contribution in [0.2, 0.25) is 0 Å². The second-order valence-electron chi connectivity index (χ2n) is 3.29. The van der Waals surface area contributed by atoms with E-state index in [-0.39, 0.29) is 13.2 Å². The van der Waals surface area contributed by atoms with Gasteiger partial charge in [0.05, 0.1) is 6.54 Å². The largest absolute Gasteiger partial charge is 0.480 e. The zero-order valence-corrected chi connectivity index (χ0v) is 10.3. The highest BCUT2D eigenvalue weighted by Gasteiger charge is 2.15. The second kappa shape index (κ2) is 10.4. The summed E-state index contributed by atoms with van der Waals surface area (Å²) in [4.78, 5) is 30.3. The number of carboxylic acid groups (broad SMARTS) is 2. The van der Waals surface area contributed by atoms with E-state index in [0.29, 0.717) is 0 Å². The van der Waals surface area contributed by atoms with Gasteiger partial charge in [-0.2, -0.15) is 0 Å². The Morgan fingerprint density at radius 2 is 1.78 bits per heavy atom. The maximum atomic E-state index is 10.7. The first-order chi connectivity index (χ1) is 8.22. The Morgan fingerprint density at radius 3 is 2.00 bits per heavy atom. The van der Waals surface area contributed by atoms with Crippen LogP contribution in [0.25, 0.3) is 0 Å². The molecule has 0 aromatic rings. The van der Waals surface area contributed by atoms with Crippen molar-refractivity contribution in [3.8, 4) is 0 Å². The third-order valence-corrected chi connectivity index (χ3v) is 1.42. The molecule has 0 unspecified atom stereocenters. The number of rotatable bonds is 6. The number of nitrogens with two attached hydrogens (primary N) is 2. The van der Waals surface area contributed by atoms with Crippen LogP contribution in [0.1, 0.15) is 6.92 Å². The summed E-state index contributed by atoms with van der Waals surface area (Å²) < 4.78 is 4.46. The van der Waals surface area contributed by atoms with Crippen LogP contribution in [-0.4, -0.2) is 60.4 Å². The summed E-state index contributed by atoms with van der Waals surface area (Å²) in [6.07, 6.45) is 0. The van der Waals surface area contributed by atoms with Gasteiger partial charge in [0.15, 0.2) is 0 Å². The van der Waals surface area contributed by atoms with Crippen LogP contribution in [0, 0.1) is 0 Å². The molecule has 0 fully saturated rings. The molecule has 0 aliphatic rings. The molecule has 0 aromatic heterocycles. The average molecular weight is 265 g/mol. The number of likely N-dealkylation sites (N-methyl/N-ethyl adjacent to an activating group) is 1. The number of nitrogens with one attached hydrogen (secondary N) is 1. The van der Waals surface area contributed by atoms with Gasteiger partial charge in [0.1, 0.15) is 18.7 Å². The van der Waals surface area contributed by atoms with Crippen LogP contribution in [0.4, 0.5) is 0 Å². The molecule has 0 spiro atoms. The van der Waals surface area contributed by atoms with E-state index in [2.05, 4.69) is 10.1 Å². The summed E-state index contributed by atoms with van der Waals surface area (Å²) in [5, 5.41) is 18.6. The number of ether oxygens (including phenoxy) is 1. The number of aliphatic carboxylic acids is 2. The van der Waals surface area contributed by atoms with Gasteiger partial charge < -0.3 is 31.7 Å². The number of hydrogen-bond donors (Lipinski definition) is 5. The van der Waals surface area contributed by atoms with Crippen molar-refractivity contribution in [2.75, 3.05) is 20.2 Å². The third-order valence-electron chi connectivity index (χ3n) is 1.42. The van der Waals surface area contributed by atoms with Gasteiger partial charge in [-0.15, -0.1) is 0 Å². The average Bonchev–Trinajstić information content (AvgIpc) is 2.25. The van der Waals surface area contributed by atoms with Crippen LogP contribution in [-0.2, 0) is 19.1 Å². The molecular formula is C9H19N3O6. The van der Waals surface area contributed by atoms with Crippen LogP contribution >= 0.6 is 0 Å². The van der Waals surface area contributed by atoms with E-state index in [1.807, 2.05) is 0 Å². The molecule has 2 atom stereocenters. The van der Waals surface area contributed by atoms with Gasteiger partial charge in [-0.1, -0.05) is 0 Å². The fraction of sp³-hybridized carbons (Fsp3) is 0.667. The number of carboxylic acids is 2. The lowest BCUT2D eigenvalue weighted by atomic mass is 10.3. The standard InChI is InChI=1S/C6H12N2O4.C3H7NO2/c1-3(7)6(11)12-2-4(8)5(9)10;1-4-2-3(5)6/h3-4H,2,7-8H2,1H3,(H,9,10);4H,2H2,1H3,(H,5,6)/t3-,4-;/m1./s1. The Balaban J connectivity index is 0. The van der Waals surface area contributed by atoms with E-state index in [1.165, 1.54) is 6.92 Å². The summed E-state index contributed by atoms with van der Waals surface area (Å²) in [6.45, 7) is 1.13. The van der Waals surface area contributed by atoms with Crippen molar-refractivity contribution in [1.29, 1.82) is 0 Å². The zero-order valence-electron chi connectivity index (χ0n) is 10.3. The number of carbonyl (C=O) groups excluding carboxylic acids is 1. The minimum atomic E-state index is -1.22. The highest BCUT2D eigenvalue weighted by Crippen LogP contribution is 1.86. The van der Waals surface area contributed by atoms with Crippen molar-refractivity contribution < 1.29 is 29.3 Å². The molecule has 9 nitrogen and oxygen atoms in total. The normalized spacial score (nSPS) is 12.7. The van der Waals surface area contributed by atoms with E-state index in [9.17, 15) is 14.4 Å². The Bertz CT molecular complexity index is 281. The van der Waals surface area contributed by atoms with Gasteiger partial charge in [0.25, 0.3) is 0 Å². The molecule has 0 radical (unpaired) electrons. The Labute approximate surface area is 104 Å². The first-order valence-corrected chi connectivity index (χ1v) is 4.99. The Morgan fingerprint density at radius 1 is 1.28 bits per heavy atom. The highest BCUT2D eigenvalue weighted by atomic mass is 16.5. The summed E-state index contributed by atoms with van der Waals surface area (Å²) in [7, 11) is 1.59. The van der Waals surface area contributed by atoms with Crippen molar-refractivity contribution in [1.82, 2.24) is 5.32 Å². The SMILES string of the molecule is CNCC(=O)O.C[C@@H](N)C(=O)OC[C@@H](N)C(=O)O. The lowest BCUT2D eigenvalue weighted by molar-refractivity contribution is -0.148. The van der Waals surface area contributed by atoms with E-state index < -0.39 is 30.0 Å². The van der Waals surface area contributed by atoms with E-state index >= 15 is 0 Å². The number of carbonyl (C=O) groups is 3. The molecular weight excluding hydrogens is 246 g/mol. The minimum absolute atomic E-state index is 0.0417. The molecule has 0 saturated heterocycles. The summed E-state index contributed by atoms with van der Waals surface area (Å²) in [5.74, 6) is -2.70. The summed E-state index contributed by atoms with van der Waals surface area (Å²) in [5.41, 5.74) is 10.2. The van der Waals surface area contributed by atoms with Gasteiger partial charge in [-0.05, 0) is 14.0 Å². The van der Waals surface area contributed by atoms with Crippen LogP contribution in [0.3, 0.4) is 0 Å². The van der Waals surface area contributed by atoms with Gasteiger partial charge in [-0.25, -0.2) is 0 Å². The number of esters is 1. The quantitative estimate of drug-likeness (QED) is 0.328. The molecule has 106 valence electrons. The molecule has 0 bridgehead atoms. The molecule has 0 aliphatic carbocycles. The van der Waals surface area contributed by atoms with Crippen molar-refractivity contribution in [3.63, 3.8) is 0 Å². The van der Waals surface area contributed by atoms with E-state index in [0.717, 1.165) is 0 Å². The predicted molar refractivity (Wildman–Crippen MR) is 61.8 cm³/mol. The fourth-order valence-electron chi connectivity index (χ4n) is 0.526. The first-order valence-electron chi connectivity index (χ1n) is 4.99. The van der Waals surface area contributed by atoms with Gasteiger partial charge in [-0.3, -0.25) is 14.4 Å². The van der Waals surface area contributed by atoms with Crippen LogP contribution < -0.4 is 16.8 Å². The molecule has 0 aliphatic heterocycles.